The maximum atomic E-state index is 8.70. The molecule has 1 aromatic carbocycles. The highest BCUT2D eigenvalue weighted by molar-refractivity contribution is 6.33. The molecule has 0 unspecified atom stereocenters. The van der Waals surface area contributed by atoms with Crippen LogP contribution in [0.15, 0.2) is 23.8 Å². The minimum Gasteiger partial charge on any atom is -0.397 e. The van der Waals surface area contributed by atoms with Gasteiger partial charge in [0.1, 0.15) is 0 Å². The lowest BCUT2D eigenvalue weighted by molar-refractivity contribution is 1.37. The van der Waals surface area contributed by atoms with Gasteiger partial charge in [-0.05, 0) is 19.4 Å². The minimum atomic E-state index is 0.446. The van der Waals surface area contributed by atoms with Crippen molar-refractivity contribution in [2.24, 2.45) is 5.73 Å². The Hall–Kier alpha value is -1.46. The van der Waals surface area contributed by atoms with Gasteiger partial charge >= 0.3 is 0 Å². The van der Waals surface area contributed by atoms with E-state index in [0.717, 1.165) is 11.1 Å². The minimum absolute atomic E-state index is 0.446. The first-order valence-electron chi connectivity index (χ1n) is 4.20. The van der Waals surface area contributed by atoms with Crippen molar-refractivity contribution < 1.29 is 0 Å². The number of nitrogens with two attached hydrogens (primary N) is 1. The third-order valence-corrected chi connectivity index (χ3v) is 2.56. The maximum Gasteiger partial charge on any atom is 0.0965 e. The van der Waals surface area contributed by atoms with Crippen LogP contribution < -0.4 is 5.73 Å². The van der Waals surface area contributed by atoms with Gasteiger partial charge in [0.2, 0.25) is 0 Å². The molecule has 0 aliphatic heterocycles. The highest BCUT2D eigenvalue weighted by Gasteiger charge is 2.07. The molecule has 0 aromatic heterocycles. The number of halogens is 1. The monoisotopic (exact) mass is 206 g/mol. The Morgan fingerprint density at radius 3 is 2.71 bits per heavy atom. The van der Waals surface area contributed by atoms with Crippen LogP contribution in [0.25, 0.3) is 5.70 Å². The summed E-state index contributed by atoms with van der Waals surface area (Å²) in [5.41, 5.74) is 8.40. The fourth-order valence-electron chi connectivity index (χ4n) is 1.12. The summed E-state index contributed by atoms with van der Waals surface area (Å²) in [5.74, 6) is 0. The molecule has 72 valence electrons. The molecule has 0 bridgehead atoms. The zero-order valence-electron chi connectivity index (χ0n) is 8.13. The number of rotatable bonds is 1. The zero-order chi connectivity index (χ0) is 10.7. The average Bonchev–Trinajstić information content (AvgIpc) is 2.20. The van der Waals surface area contributed by atoms with Crippen LogP contribution in [0.2, 0.25) is 5.02 Å². The van der Waals surface area contributed by atoms with Gasteiger partial charge in [-0.2, -0.15) is 5.26 Å². The molecule has 14 heavy (non-hydrogen) atoms. The van der Waals surface area contributed by atoms with E-state index in [1.165, 1.54) is 0 Å². The number of benzene rings is 1. The Bertz CT molecular complexity index is 427. The molecule has 0 aliphatic rings. The molecule has 0 amide bonds. The van der Waals surface area contributed by atoms with Crippen LogP contribution in [0.5, 0.6) is 0 Å². The van der Waals surface area contributed by atoms with Crippen molar-refractivity contribution in [3.63, 3.8) is 0 Å². The van der Waals surface area contributed by atoms with Crippen molar-refractivity contribution >= 4 is 17.3 Å². The molecule has 0 saturated heterocycles. The van der Waals surface area contributed by atoms with Gasteiger partial charge in [-0.1, -0.05) is 29.8 Å². The van der Waals surface area contributed by atoms with Crippen LogP contribution in [0, 0.1) is 18.3 Å². The molecule has 1 rings (SSSR count). The Balaban J connectivity index is 3.36. The fourth-order valence-corrected chi connectivity index (χ4v) is 1.35. The van der Waals surface area contributed by atoms with Crippen molar-refractivity contribution in [3.05, 3.63) is 39.9 Å². The quantitative estimate of drug-likeness (QED) is 0.719. The van der Waals surface area contributed by atoms with Crippen molar-refractivity contribution in [1.82, 2.24) is 0 Å². The summed E-state index contributed by atoms with van der Waals surface area (Å²) in [6, 6.07) is 7.59. The zero-order valence-corrected chi connectivity index (χ0v) is 8.89. The van der Waals surface area contributed by atoms with E-state index in [1.54, 1.807) is 6.92 Å². The number of allylic oxidation sites excluding steroid dienone is 1. The van der Waals surface area contributed by atoms with Crippen molar-refractivity contribution in [2.75, 3.05) is 0 Å². The van der Waals surface area contributed by atoms with Gasteiger partial charge in [-0.3, -0.25) is 0 Å². The largest absolute Gasteiger partial charge is 0.397 e. The Morgan fingerprint density at radius 2 is 2.14 bits per heavy atom. The van der Waals surface area contributed by atoms with Crippen molar-refractivity contribution in [2.45, 2.75) is 13.8 Å². The van der Waals surface area contributed by atoms with Crippen molar-refractivity contribution in [1.29, 1.82) is 5.26 Å². The fraction of sp³-hybridized carbons (Fsp3) is 0.182. The molecule has 0 fully saturated rings. The summed E-state index contributed by atoms with van der Waals surface area (Å²) in [6.07, 6.45) is 0. The van der Waals surface area contributed by atoms with Crippen LogP contribution in [0.1, 0.15) is 18.1 Å². The Labute approximate surface area is 88.6 Å². The third kappa shape index (κ3) is 1.89. The van der Waals surface area contributed by atoms with Gasteiger partial charge in [0.15, 0.2) is 0 Å². The van der Waals surface area contributed by atoms with Gasteiger partial charge in [-0.25, -0.2) is 0 Å². The van der Waals surface area contributed by atoms with E-state index in [1.807, 2.05) is 31.2 Å². The van der Waals surface area contributed by atoms with E-state index in [-0.39, 0.29) is 0 Å². The molecule has 0 atom stereocenters. The summed E-state index contributed by atoms with van der Waals surface area (Å²) >= 11 is 6.07. The van der Waals surface area contributed by atoms with E-state index >= 15 is 0 Å². The predicted octanol–water partition coefficient (Wildman–Crippen LogP) is 2.86. The average molecular weight is 207 g/mol. The molecule has 0 radical (unpaired) electrons. The summed E-state index contributed by atoms with van der Waals surface area (Å²) in [7, 11) is 0. The standard InChI is InChI=1S/C11H11ClN2/c1-7-4-3-5-9(10(7)12)11(14)8(2)6-13/h3-5H,14H2,1-2H3/b11-8-. The Kier molecular flexibility index (Phi) is 3.16. The predicted molar refractivity (Wildman–Crippen MR) is 58.6 cm³/mol. The van der Waals surface area contributed by atoms with Crippen LogP contribution >= 0.6 is 11.6 Å². The molecule has 2 nitrogen and oxygen atoms in total. The van der Waals surface area contributed by atoms with Crippen LogP contribution in [-0.4, -0.2) is 0 Å². The van der Waals surface area contributed by atoms with Gasteiger partial charge in [0.05, 0.1) is 16.8 Å². The molecule has 0 aliphatic carbocycles. The van der Waals surface area contributed by atoms with Crippen molar-refractivity contribution in [3.8, 4) is 6.07 Å². The first kappa shape index (κ1) is 10.6. The topological polar surface area (TPSA) is 49.8 Å². The smallest absolute Gasteiger partial charge is 0.0965 e. The summed E-state index contributed by atoms with van der Waals surface area (Å²) in [4.78, 5) is 0. The molecular weight excluding hydrogens is 196 g/mol. The van der Waals surface area contributed by atoms with Gasteiger partial charge in [-0.15, -0.1) is 0 Å². The van der Waals surface area contributed by atoms with E-state index < -0.39 is 0 Å². The second-order valence-electron chi connectivity index (χ2n) is 3.09. The van der Waals surface area contributed by atoms with Gasteiger partial charge < -0.3 is 5.73 Å². The molecule has 0 spiro atoms. The lowest BCUT2D eigenvalue weighted by Crippen LogP contribution is -2.00. The molecule has 2 N–H and O–H groups in total. The first-order chi connectivity index (χ1) is 6.57. The molecule has 3 heteroatoms. The summed E-state index contributed by atoms with van der Waals surface area (Å²) < 4.78 is 0. The van der Waals surface area contributed by atoms with Gasteiger partial charge in [0.25, 0.3) is 0 Å². The Morgan fingerprint density at radius 1 is 1.50 bits per heavy atom. The van der Waals surface area contributed by atoms with E-state index in [0.29, 0.717) is 16.3 Å². The molecule has 1 aromatic rings. The lowest BCUT2D eigenvalue weighted by Gasteiger charge is -2.07. The maximum absolute atomic E-state index is 8.70. The lowest BCUT2D eigenvalue weighted by atomic mass is 10.1. The molecule has 0 saturated carbocycles. The second kappa shape index (κ2) is 4.17. The van der Waals surface area contributed by atoms with Crippen LogP contribution in [0.3, 0.4) is 0 Å². The number of nitriles is 1. The first-order valence-corrected chi connectivity index (χ1v) is 4.57. The number of hydrogen-bond donors (Lipinski definition) is 1. The highest BCUT2D eigenvalue weighted by Crippen LogP contribution is 2.25. The normalized spacial score (nSPS) is 11.9. The van der Waals surface area contributed by atoms with E-state index in [2.05, 4.69) is 0 Å². The number of hydrogen-bond acceptors (Lipinski definition) is 2. The SMILES string of the molecule is C/C(C#N)=C(/N)c1cccc(C)c1Cl. The third-order valence-electron chi connectivity index (χ3n) is 2.05. The molecular formula is C11H11ClN2. The van der Waals surface area contributed by atoms with E-state index in [4.69, 9.17) is 22.6 Å². The van der Waals surface area contributed by atoms with Gasteiger partial charge in [0, 0.05) is 11.1 Å². The highest BCUT2D eigenvalue weighted by atomic mass is 35.5. The van der Waals surface area contributed by atoms with Crippen LogP contribution in [0.4, 0.5) is 0 Å². The van der Waals surface area contributed by atoms with Crippen LogP contribution in [-0.2, 0) is 0 Å². The summed E-state index contributed by atoms with van der Waals surface area (Å²) in [6.45, 7) is 3.58. The van der Waals surface area contributed by atoms with E-state index in [9.17, 15) is 0 Å². The second-order valence-corrected chi connectivity index (χ2v) is 3.46. The number of nitrogens with zero attached hydrogens (tertiary/aromatic N) is 1. The number of aryl methyl sites for hydroxylation is 1. The molecule has 0 heterocycles. The summed E-state index contributed by atoms with van der Waals surface area (Å²) in [5, 5.41) is 9.31.